The first-order valence-corrected chi connectivity index (χ1v) is 21.6. The summed E-state index contributed by atoms with van der Waals surface area (Å²) < 4.78 is 57.5. The zero-order valence-electron chi connectivity index (χ0n) is 31.3. The van der Waals surface area contributed by atoms with Crippen LogP contribution in [-0.4, -0.2) is 42.0 Å². The first-order chi connectivity index (χ1) is 25.7. The standard InChI is InChI=1S/C19H24N4O3S.C13H13NO.C6H11N3O2S/c1-3-23-11-17(20-12(23)2)27(25,26)22-19(24)21-18-15-8-4-6-13(15)10-14-7-5-9-16(14)18;14-8-15-13-11-5-1-3-9(11)7-10-4-2-6-12(10)13;1-3-9-4-6(8-5(9)2)12(7,10)11/h10-11H,3-9H2,1-2H3,(H2,21,22,24);7H,1-6H2;4H,3H2,1-2H3,(H2,7,10,11). The van der Waals surface area contributed by atoms with Gasteiger partial charge in [0.2, 0.25) is 0 Å². The lowest BCUT2D eigenvalue weighted by molar-refractivity contribution is 0.256. The highest BCUT2D eigenvalue weighted by Crippen LogP contribution is 2.40. The van der Waals surface area contributed by atoms with Crippen molar-refractivity contribution in [1.82, 2.24) is 23.8 Å². The van der Waals surface area contributed by atoms with Crippen LogP contribution in [0.25, 0.3) is 0 Å². The van der Waals surface area contributed by atoms with E-state index in [-0.39, 0.29) is 10.1 Å². The van der Waals surface area contributed by atoms with Gasteiger partial charge in [0.15, 0.2) is 10.1 Å². The molecule has 2 aromatic carbocycles. The number of nitrogens with zero attached hydrogens (tertiary/aromatic N) is 5. The average Bonchev–Trinajstić information content (AvgIpc) is 3.97. The molecule has 54 heavy (non-hydrogen) atoms. The zero-order chi connectivity index (χ0) is 38.8. The van der Waals surface area contributed by atoms with Gasteiger partial charge in [-0.1, -0.05) is 12.1 Å². The molecule has 14 nitrogen and oxygen atoms in total. The number of aryl methyl sites for hydroxylation is 8. The fraction of sp³-hybridized carbons (Fsp3) is 0.474. The Labute approximate surface area is 317 Å². The van der Waals surface area contributed by atoms with Crippen LogP contribution in [0, 0.1) is 25.4 Å². The molecule has 0 saturated heterocycles. The summed E-state index contributed by atoms with van der Waals surface area (Å²) in [6, 6.07) is 3.88. The molecule has 0 bridgehead atoms. The molecule has 4 aliphatic rings. The van der Waals surface area contributed by atoms with Gasteiger partial charge in [0.25, 0.3) is 26.3 Å². The van der Waals surface area contributed by atoms with E-state index in [1.807, 2.05) is 20.1 Å². The number of nitrogens with one attached hydrogen (secondary N) is 2. The largest absolute Gasteiger partial charge is 0.387 e. The number of nitriles is 1. The molecular weight excluding hydrogens is 729 g/mol. The van der Waals surface area contributed by atoms with Crippen molar-refractivity contribution in [3.8, 4) is 12.0 Å². The lowest BCUT2D eigenvalue weighted by Gasteiger charge is -2.16. The number of imidazole rings is 2. The van der Waals surface area contributed by atoms with Gasteiger partial charge in [-0.25, -0.2) is 33.0 Å². The number of urea groups is 1. The molecule has 8 rings (SSSR count). The number of primary sulfonamides is 1. The summed E-state index contributed by atoms with van der Waals surface area (Å²) >= 11 is 0. The molecule has 2 amide bonds. The third-order valence-corrected chi connectivity index (χ3v) is 12.6. The van der Waals surface area contributed by atoms with Crippen molar-refractivity contribution in [2.75, 3.05) is 5.32 Å². The Morgan fingerprint density at radius 1 is 0.759 bits per heavy atom. The third-order valence-electron chi connectivity index (χ3n) is 10.7. The average molecular weight is 777 g/mol. The second-order valence-corrected chi connectivity index (χ2v) is 17.2. The number of benzene rings is 2. The van der Waals surface area contributed by atoms with E-state index in [0.717, 1.165) is 86.8 Å². The van der Waals surface area contributed by atoms with E-state index in [9.17, 15) is 21.6 Å². The SMILES string of the molecule is CCn1cc(S(=O)(=O)NC(=O)Nc2c3c(cc4c2CCC4)CCC3)nc1C.CCn1cc(S(N)(=O)=O)nc1C.N#COc1c2c(cc3c1CCC3)CCC2. The highest BCUT2D eigenvalue weighted by molar-refractivity contribution is 7.90. The highest BCUT2D eigenvalue weighted by Gasteiger charge is 2.28. The molecule has 288 valence electrons. The number of ether oxygens (including phenoxy) is 1. The van der Waals surface area contributed by atoms with Crippen molar-refractivity contribution in [2.24, 2.45) is 5.14 Å². The van der Waals surface area contributed by atoms with E-state index in [1.165, 1.54) is 58.6 Å². The van der Waals surface area contributed by atoms with E-state index < -0.39 is 26.1 Å². The van der Waals surface area contributed by atoms with Crippen molar-refractivity contribution < 1.29 is 26.4 Å². The van der Waals surface area contributed by atoms with Crippen LogP contribution in [-0.2, 0) is 84.5 Å². The Hall–Kier alpha value is -4.72. The van der Waals surface area contributed by atoms with Crippen LogP contribution in [0.4, 0.5) is 10.5 Å². The molecule has 0 fully saturated rings. The molecule has 16 heteroatoms. The number of rotatable bonds is 7. The molecular formula is C38H48N8O6S2. The molecule has 4 aromatic rings. The van der Waals surface area contributed by atoms with Crippen molar-refractivity contribution in [2.45, 2.75) is 128 Å². The molecule has 0 radical (unpaired) electrons. The Kier molecular flexibility index (Phi) is 11.5. The number of aromatic nitrogens is 4. The topological polar surface area (TPSA) is 204 Å². The summed E-state index contributed by atoms with van der Waals surface area (Å²) in [6.45, 7) is 8.58. The van der Waals surface area contributed by atoms with Crippen molar-refractivity contribution in [3.63, 3.8) is 0 Å². The maximum Gasteiger partial charge on any atom is 0.333 e. The molecule has 2 aromatic heterocycles. The van der Waals surface area contributed by atoms with Crippen molar-refractivity contribution in [1.29, 1.82) is 5.26 Å². The number of sulfonamides is 2. The Morgan fingerprint density at radius 2 is 1.19 bits per heavy atom. The Morgan fingerprint density at radius 3 is 1.59 bits per heavy atom. The minimum Gasteiger partial charge on any atom is -0.387 e. The predicted molar refractivity (Wildman–Crippen MR) is 203 cm³/mol. The van der Waals surface area contributed by atoms with Crippen molar-refractivity contribution >= 4 is 31.8 Å². The molecule has 4 N–H and O–H groups in total. The normalized spacial score (nSPS) is 15.1. The van der Waals surface area contributed by atoms with Crippen LogP contribution in [0.15, 0.2) is 34.6 Å². The van der Waals surface area contributed by atoms with Crippen LogP contribution in [0.1, 0.15) is 95.7 Å². The van der Waals surface area contributed by atoms with Crippen LogP contribution in [0.3, 0.4) is 0 Å². The van der Waals surface area contributed by atoms with Gasteiger partial charge in [0.05, 0.1) is 0 Å². The van der Waals surface area contributed by atoms with Gasteiger partial charge >= 0.3 is 6.03 Å². The molecule has 4 aliphatic carbocycles. The molecule has 0 aliphatic heterocycles. The van der Waals surface area contributed by atoms with Gasteiger partial charge in [-0.15, -0.1) is 5.26 Å². The third kappa shape index (κ3) is 8.18. The lowest BCUT2D eigenvalue weighted by atomic mass is 9.99. The number of nitrogens with two attached hydrogens (primary N) is 1. The predicted octanol–water partition coefficient (Wildman–Crippen LogP) is 5.08. The summed E-state index contributed by atoms with van der Waals surface area (Å²) in [5, 5.41) is 16.2. The van der Waals surface area contributed by atoms with Gasteiger partial charge in [0.1, 0.15) is 17.4 Å². The molecule has 0 unspecified atom stereocenters. The minimum atomic E-state index is -4.01. The van der Waals surface area contributed by atoms with Gasteiger partial charge in [0, 0.05) is 31.2 Å². The number of fused-ring (bicyclic) bond motifs is 4. The summed E-state index contributed by atoms with van der Waals surface area (Å²) in [5.41, 5.74) is 11.2. The molecule has 0 atom stereocenters. The summed E-state index contributed by atoms with van der Waals surface area (Å²) in [6.07, 6.45) is 17.6. The van der Waals surface area contributed by atoms with Gasteiger partial charge in [-0.2, -0.15) is 8.42 Å². The first-order valence-electron chi connectivity index (χ1n) is 18.6. The lowest BCUT2D eigenvalue weighted by Crippen LogP contribution is -2.35. The van der Waals surface area contributed by atoms with Crippen LogP contribution in [0.2, 0.25) is 0 Å². The quantitative estimate of drug-likeness (QED) is 0.214. The molecule has 0 spiro atoms. The maximum atomic E-state index is 12.5. The number of anilines is 1. The Bertz CT molecular complexity index is 2290. The zero-order valence-corrected chi connectivity index (χ0v) is 32.9. The number of carbonyl (C=O) groups excluding carboxylic acids is 1. The second kappa shape index (κ2) is 15.9. The smallest absolute Gasteiger partial charge is 0.333 e. The fourth-order valence-corrected chi connectivity index (χ4v) is 9.53. The van der Waals surface area contributed by atoms with Crippen LogP contribution < -0.4 is 19.9 Å². The van der Waals surface area contributed by atoms with Crippen LogP contribution in [0.5, 0.6) is 5.75 Å². The summed E-state index contributed by atoms with van der Waals surface area (Å²) in [5.74, 6) is 2.15. The molecule has 2 heterocycles. The van der Waals surface area contributed by atoms with E-state index in [2.05, 4.69) is 32.1 Å². The van der Waals surface area contributed by atoms with Gasteiger partial charge < -0.3 is 19.2 Å². The van der Waals surface area contributed by atoms with E-state index >= 15 is 0 Å². The molecule has 0 saturated carbocycles. The monoisotopic (exact) mass is 776 g/mol. The van der Waals surface area contributed by atoms with Gasteiger partial charge in [-0.3, -0.25) is 0 Å². The summed E-state index contributed by atoms with van der Waals surface area (Å²) in [7, 11) is -7.66. The second-order valence-electron chi connectivity index (χ2n) is 14.0. The summed E-state index contributed by atoms with van der Waals surface area (Å²) in [4.78, 5) is 20.4. The maximum absolute atomic E-state index is 12.5. The number of amides is 2. The number of hydrogen-bond acceptors (Lipinski definition) is 9. The van der Waals surface area contributed by atoms with E-state index in [1.54, 1.807) is 23.0 Å². The van der Waals surface area contributed by atoms with E-state index in [0.29, 0.717) is 24.7 Å². The number of carbonyl (C=O) groups is 1. The highest BCUT2D eigenvalue weighted by atomic mass is 32.2. The Balaban J connectivity index is 0.000000154. The number of hydrogen-bond donors (Lipinski definition) is 3. The van der Waals surface area contributed by atoms with Crippen molar-refractivity contribution in [3.05, 3.63) is 80.7 Å². The van der Waals surface area contributed by atoms with Crippen LogP contribution >= 0.6 is 0 Å². The van der Waals surface area contributed by atoms with Gasteiger partial charge in [-0.05, 0) is 149 Å². The minimum absolute atomic E-state index is 0.0677. The van der Waals surface area contributed by atoms with E-state index in [4.69, 9.17) is 15.1 Å². The fourth-order valence-electron chi connectivity index (χ4n) is 8.08. The first kappa shape index (κ1) is 39.0.